The number of nitrogens with two attached hydrogens (primary N) is 1. The predicted octanol–water partition coefficient (Wildman–Crippen LogP) is 1.05. The van der Waals surface area contributed by atoms with E-state index in [9.17, 15) is 14.4 Å². The number of carbonyl (C=O) groups is 1. The molecule has 1 heterocycles. The molecule has 0 saturated carbocycles. The van der Waals surface area contributed by atoms with Crippen molar-refractivity contribution in [3.05, 3.63) is 67.4 Å². The van der Waals surface area contributed by atoms with E-state index < -0.39 is 11.2 Å². The van der Waals surface area contributed by atoms with Crippen LogP contribution < -0.4 is 17.0 Å². The lowest BCUT2D eigenvalue weighted by molar-refractivity contribution is -0.118. The Morgan fingerprint density at radius 3 is 2.45 bits per heavy atom. The van der Waals surface area contributed by atoms with Crippen LogP contribution in [0.1, 0.15) is 24.0 Å². The molecule has 116 valence electrons. The molecule has 0 fully saturated rings. The molecule has 1 aromatic carbocycles. The number of rotatable bonds is 6. The molecule has 2 rings (SSSR count). The van der Waals surface area contributed by atoms with Crippen molar-refractivity contribution in [3.8, 4) is 0 Å². The van der Waals surface area contributed by atoms with Gasteiger partial charge in [0.15, 0.2) is 0 Å². The first-order valence-corrected chi connectivity index (χ1v) is 7.19. The van der Waals surface area contributed by atoms with Crippen LogP contribution in [0.15, 0.2) is 40.1 Å². The number of carbonyl (C=O) groups excluding carboxylic acids is 1. The van der Waals surface area contributed by atoms with Gasteiger partial charge in [-0.3, -0.25) is 19.1 Å². The normalized spacial score (nSPS) is 10.6. The van der Waals surface area contributed by atoms with Crippen molar-refractivity contribution in [2.24, 2.45) is 5.73 Å². The molecule has 0 aliphatic rings. The molecule has 0 saturated heterocycles. The van der Waals surface area contributed by atoms with E-state index in [4.69, 9.17) is 17.3 Å². The Bertz CT molecular complexity index is 778. The summed E-state index contributed by atoms with van der Waals surface area (Å²) in [4.78, 5) is 35.7. The number of amides is 1. The van der Waals surface area contributed by atoms with Crippen molar-refractivity contribution < 1.29 is 4.79 Å². The third-order valence-electron chi connectivity index (χ3n) is 3.23. The summed E-state index contributed by atoms with van der Waals surface area (Å²) in [7, 11) is 0. The minimum atomic E-state index is -0.590. The lowest BCUT2D eigenvalue weighted by atomic mass is 10.1. The molecule has 0 radical (unpaired) electrons. The van der Waals surface area contributed by atoms with E-state index in [1.165, 1.54) is 10.8 Å². The molecule has 6 nitrogen and oxygen atoms in total. The van der Waals surface area contributed by atoms with Crippen molar-refractivity contribution >= 4 is 17.5 Å². The maximum atomic E-state index is 11.7. The molecule has 3 N–H and O–H groups in total. The van der Waals surface area contributed by atoms with Crippen LogP contribution in [0.3, 0.4) is 0 Å². The number of primary amides is 1. The Hall–Kier alpha value is -2.34. The number of hydrogen-bond acceptors (Lipinski definition) is 3. The zero-order chi connectivity index (χ0) is 16.1. The van der Waals surface area contributed by atoms with Gasteiger partial charge in [0, 0.05) is 12.6 Å². The molecule has 0 spiro atoms. The van der Waals surface area contributed by atoms with Gasteiger partial charge in [-0.1, -0.05) is 35.9 Å². The second kappa shape index (κ2) is 7.09. The first-order valence-electron chi connectivity index (χ1n) is 6.81. The fourth-order valence-electron chi connectivity index (χ4n) is 2.07. The number of benzene rings is 1. The van der Waals surface area contributed by atoms with Crippen LogP contribution in [0.5, 0.6) is 0 Å². The Labute approximate surface area is 131 Å². The van der Waals surface area contributed by atoms with Gasteiger partial charge in [0.25, 0.3) is 5.56 Å². The van der Waals surface area contributed by atoms with E-state index in [0.29, 0.717) is 19.4 Å². The van der Waals surface area contributed by atoms with Crippen LogP contribution >= 0.6 is 11.6 Å². The quantitative estimate of drug-likeness (QED) is 0.832. The molecular formula is C15H16ClN3O3. The van der Waals surface area contributed by atoms with Crippen LogP contribution in [0, 0.1) is 0 Å². The number of aromatic nitrogens is 2. The maximum Gasteiger partial charge on any atom is 0.328 e. The summed E-state index contributed by atoms with van der Waals surface area (Å²) >= 11 is 5.72. The third-order valence-corrected chi connectivity index (χ3v) is 3.50. The molecule has 1 amide bonds. The first-order chi connectivity index (χ1) is 10.5. The van der Waals surface area contributed by atoms with E-state index in [2.05, 4.69) is 4.98 Å². The number of nitrogens with zero attached hydrogens (tertiary/aromatic N) is 1. The van der Waals surface area contributed by atoms with E-state index in [-0.39, 0.29) is 10.9 Å². The molecule has 0 atom stereocenters. The van der Waals surface area contributed by atoms with Crippen LogP contribution in [0.2, 0.25) is 5.02 Å². The zero-order valence-electron chi connectivity index (χ0n) is 11.8. The van der Waals surface area contributed by atoms with Gasteiger partial charge < -0.3 is 5.73 Å². The monoisotopic (exact) mass is 321 g/mol. The minimum Gasteiger partial charge on any atom is -0.370 e. The van der Waals surface area contributed by atoms with Crippen molar-refractivity contribution in [3.63, 3.8) is 0 Å². The largest absolute Gasteiger partial charge is 0.370 e. The highest BCUT2D eigenvalue weighted by molar-refractivity contribution is 6.30. The van der Waals surface area contributed by atoms with Gasteiger partial charge >= 0.3 is 5.69 Å². The highest BCUT2D eigenvalue weighted by atomic mass is 35.5. The molecule has 1 aromatic heterocycles. The van der Waals surface area contributed by atoms with Gasteiger partial charge in [0.1, 0.15) is 5.02 Å². The predicted molar refractivity (Wildman–Crippen MR) is 84.0 cm³/mol. The van der Waals surface area contributed by atoms with Gasteiger partial charge in [0.05, 0.1) is 6.54 Å². The Kier molecular flexibility index (Phi) is 5.16. The van der Waals surface area contributed by atoms with Crippen LogP contribution in [0.25, 0.3) is 0 Å². The molecule has 0 unspecified atom stereocenters. The smallest absolute Gasteiger partial charge is 0.328 e. The van der Waals surface area contributed by atoms with E-state index in [1.807, 2.05) is 24.3 Å². The molecule has 0 aliphatic heterocycles. The maximum absolute atomic E-state index is 11.7. The summed E-state index contributed by atoms with van der Waals surface area (Å²) < 4.78 is 1.34. The van der Waals surface area contributed by atoms with Crippen molar-refractivity contribution in [2.75, 3.05) is 0 Å². The molecule has 0 aliphatic carbocycles. The van der Waals surface area contributed by atoms with Gasteiger partial charge in [-0.2, -0.15) is 0 Å². The first kappa shape index (κ1) is 16.0. The van der Waals surface area contributed by atoms with E-state index >= 15 is 0 Å². The number of aromatic amines is 1. The fourth-order valence-corrected chi connectivity index (χ4v) is 2.24. The number of aryl methyl sites for hydroxylation is 1. The summed E-state index contributed by atoms with van der Waals surface area (Å²) in [6, 6.07) is 7.67. The number of H-pyrrole nitrogens is 1. The highest BCUT2D eigenvalue weighted by Gasteiger charge is 2.04. The van der Waals surface area contributed by atoms with Crippen LogP contribution in [-0.4, -0.2) is 15.5 Å². The van der Waals surface area contributed by atoms with Gasteiger partial charge in [0.2, 0.25) is 5.91 Å². The molecular weight excluding hydrogens is 306 g/mol. The molecule has 7 heteroatoms. The summed E-state index contributed by atoms with van der Waals surface area (Å²) in [5.74, 6) is -0.300. The zero-order valence-corrected chi connectivity index (χ0v) is 12.6. The van der Waals surface area contributed by atoms with E-state index in [1.54, 1.807) is 0 Å². The number of halogens is 1. The average Bonchev–Trinajstić information content (AvgIpc) is 2.46. The molecule has 0 bridgehead atoms. The number of hydrogen-bond donors (Lipinski definition) is 2. The van der Waals surface area contributed by atoms with Crippen LogP contribution in [-0.2, 0) is 17.8 Å². The van der Waals surface area contributed by atoms with Crippen LogP contribution in [0.4, 0.5) is 0 Å². The Morgan fingerprint density at radius 1 is 1.18 bits per heavy atom. The minimum absolute atomic E-state index is 0.0253. The van der Waals surface area contributed by atoms with Crippen molar-refractivity contribution in [1.82, 2.24) is 9.55 Å². The van der Waals surface area contributed by atoms with Gasteiger partial charge in [-0.05, 0) is 24.0 Å². The summed E-state index contributed by atoms with van der Waals surface area (Å²) in [6.45, 7) is 0.316. The van der Waals surface area contributed by atoms with E-state index in [0.717, 1.165) is 17.5 Å². The highest BCUT2D eigenvalue weighted by Crippen LogP contribution is 2.09. The van der Waals surface area contributed by atoms with Crippen molar-refractivity contribution in [2.45, 2.75) is 25.8 Å². The SMILES string of the molecule is NC(=O)CCCc1ccc(Cn2cc(Cl)c(=O)[nH]c2=O)cc1. The summed E-state index contributed by atoms with van der Waals surface area (Å²) in [5.41, 5.74) is 6.01. The molecule has 2 aromatic rings. The topological polar surface area (TPSA) is 97.9 Å². The lowest BCUT2D eigenvalue weighted by Gasteiger charge is -2.07. The average molecular weight is 322 g/mol. The Morgan fingerprint density at radius 2 is 1.82 bits per heavy atom. The summed E-state index contributed by atoms with van der Waals surface area (Å²) in [6.07, 6.45) is 3.17. The fraction of sp³-hybridized carbons (Fsp3) is 0.267. The summed E-state index contributed by atoms with van der Waals surface area (Å²) in [5, 5.41) is -0.0253. The second-order valence-corrected chi connectivity index (χ2v) is 5.41. The third kappa shape index (κ3) is 4.33. The molecule has 22 heavy (non-hydrogen) atoms. The number of nitrogens with one attached hydrogen (secondary N) is 1. The van der Waals surface area contributed by atoms with Crippen molar-refractivity contribution in [1.29, 1.82) is 0 Å². The lowest BCUT2D eigenvalue weighted by Crippen LogP contribution is -2.29. The Balaban J connectivity index is 2.05. The standard InChI is InChI=1S/C15H16ClN3O3/c16-12-9-19(15(22)18-14(12)21)8-11-6-4-10(5-7-11)2-1-3-13(17)20/h4-7,9H,1-3,8H2,(H2,17,20)(H,18,21,22). The van der Waals surface area contributed by atoms with Gasteiger partial charge in [-0.15, -0.1) is 0 Å². The second-order valence-electron chi connectivity index (χ2n) is 5.00. The van der Waals surface area contributed by atoms with Gasteiger partial charge in [-0.25, -0.2) is 4.79 Å².